The van der Waals surface area contributed by atoms with Gasteiger partial charge in [-0.05, 0) is 73.8 Å². The molecule has 3 unspecified atom stereocenters. The molecule has 0 spiro atoms. The second kappa shape index (κ2) is 12.0. The van der Waals surface area contributed by atoms with Crippen molar-refractivity contribution in [1.29, 1.82) is 0 Å². The largest absolute Gasteiger partial charge is 0.497 e. The summed E-state index contributed by atoms with van der Waals surface area (Å²) in [7, 11) is 1.64. The number of hydrogen-bond acceptors (Lipinski definition) is 4. The van der Waals surface area contributed by atoms with Crippen molar-refractivity contribution in [3.8, 4) is 5.75 Å². The van der Waals surface area contributed by atoms with Gasteiger partial charge in [-0.25, -0.2) is 0 Å². The van der Waals surface area contributed by atoms with Gasteiger partial charge in [0.15, 0.2) is 0 Å². The van der Waals surface area contributed by atoms with E-state index in [2.05, 4.69) is 17.4 Å². The average molecular weight is 518 g/mol. The number of amides is 3. The molecule has 1 saturated heterocycles. The van der Waals surface area contributed by atoms with Crippen molar-refractivity contribution < 1.29 is 19.1 Å². The van der Waals surface area contributed by atoms with Gasteiger partial charge >= 0.3 is 0 Å². The Morgan fingerprint density at radius 2 is 1.76 bits per heavy atom. The SMILES string of the molecule is COc1ccc(CCC(=O)N2CCCCCNC(=O)C3CC(C(=O)N4CCc5ccccc5C4)CC32)cc1. The Bertz CT molecular complexity index is 1150. The topological polar surface area (TPSA) is 79.0 Å². The van der Waals surface area contributed by atoms with E-state index >= 15 is 0 Å². The van der Waals surface area contributed by atoms with Crippen LogP contribution in [0.1, 0.15) is 55.2 Å². The van der Waals surface area contributed by atoms with E-state index in [1.54, 1.807) is 7.11 Å². The number of aryl methyl sites for hydroxylation is 1. The smallest absolute Gasteiger partial charge is 0.226 e. The Morgan fingerprint density at radius 3 is 2.55 bits per heavy atom. The standard InChI is InChI=1S/C31H39N3O4/c1-38-26-12-9-22(10-13-26)11-14-29(35)34-17-6-2-5-16-32-30(36)27-19-25(20-28(27)34)31(37)33-18-15-23-7-3-4-8-24(23)21-33/h3-4,7-10,12-13,25,27-28H,2,5-6,11,14-21H2,1H3,(H,32,36). The third-order valence-electron chi connectivity index (χ3n) is 8.54. The normalized spacial score (nSPS) is 23.7. The molecule has 2 aromatic carbocycles. The first-order valence-corrected chi connectivity index (χ1v) is 14.1. The van der Waals surface area contributed by atoms with E-state index in [9.17, 15) is 14.4 Å². The molecule has 7 nitrogen and oxygen atoms in total. The molecule has 0 radical (unpaired) electrons. The van der Waals surface area contributed by atoms with Crippen molar-refractivity contribution >= 4 is 17.7 Å². The molecule has 202 valence electrons. The van der Waals surface area contributed by atoms with Crippen LogP contribution in [0.3, 0.4) is 0 Å². The Morgan fingerprint density at radius 1 is 0.974 bits per heavy atom. The summed E-state index contributed by atoms with van der Waals surface area (Å²) in [4.78, 5) is 44.4. The summed E-state index contributed by atoms with van der Waals surface area (Å²) in [6.45, 7) is 2.64. The highest BCUT2D eigenvalue weighted by Gasteiger charge is 2.46. The Labute approximate surface area is 225 Å². The van der Waals surface area contributed by atoms with Crippen LogP contribution in [0.5, 0.6) is 5.75 Å². The highest BCUT2D eigenvalue weighted by atomic mass is 16.5. The fraction of sp³-hybridized carbons (Fsp3) is 0.516. The molecule has 0 aromatic heterocycles. The molecule has 2 fully saturated rings. The number of nitrogens with zero attached hydrogens (tertiary/aromatic N) is 2. The summed E-state index contributed by atoms with van der Waals surface area (Å²) in [6.07, 6.45) is 5.74. The Balaban J connectivity index is 1.30. The summed E-state index contributed by atoms with van der Waals surface area (Å²) < 4.78 is 5.24. The molecule has 2 aromatic rings. The van der Waals surface area contributed by atoms with E-state index in [1.165, 1.54) is 11.1 Å². The van der Waals surface area contributed by atoms with Crippen LogP contribution in [0.25, 0.3) is 0 Å². The van der Waals surface area contributed by atoms with Crippen LogP contribution in [-0.4, -0.2) is 60.3 Å². The maximum absolute atomic E-state index is 13.7. The summed E-state index contributed by atoms with van der Waals surface area (Å²) in [5.74, 6) is 0.403. The fourth-order valence-corrected chi connectivity index (χ4v) is 6.37. The zero-order valence-electron chi connectivity index (χ0n) is 22.4. The number of hydrogen-bond donors (Lipinski definition) is 1. The van der Waals surface area contributed by atoms with E-state index in [-0.39, 0.29) is 35.6 Å². The third-order valence-corrected chi connectivity index (χ3v) is 8.54. The van der Waals surface area contributed by atoms with Gasteiger partial charge in [-0.1, -0.05) is 36.4 Å². The van der Waals surface area contributed by atoms with Crippen LogP contribution in [0.2, 0.25) is 0 Å². The summed E-state index contributed by atoms with van der Waals surface area (Å²) in [6, 6.07) is 15.9. The predicted molar refractivity (Wildman–Crippen MR) is 145 cm³/mol. The lowest BCUT2D eigenvalue weighted by Gasteiger charge is -2.34. The maximum Gasteiger partial charge on any atom is 0.226 e. The van der Waals surface area contributed by atoms with Gasteiger partial charge in [-0.3, -0.25) is 14.4 Å². The number of benzene rings is 2. The van der Waals surface area contributed by atoms with E-state index in [4.69, 9.17) is 4.74 Å². The predicted octanol–water partition coefficient (Wildman–Crippen LogP) is 3.74. The van der Waals surface area contributed by atoms with Gasteiger partial charge < -0.3 is 19.9 Å². The van der Waals surface area contributed by atoms with E-state index in [0.717, 1.165) is 37.0 Å². The second-order valence-electron chi connectivity index (χ2n) is 10.9. The molecule has 2 heterocycles. The zero-order chi connectivity index (χ0) is 26.5. The quantitative estimate of drug-likeness (QED) is 0.656. The van der Waals surface area contributed by atoms with Gasteiger partial charge in [0.25, 0.3) is 0 Å². The van der Waals surface area contributed by atoms with Gasteiger partial charge in [0.1, 0.15) is 5.75 Å². The zero-order valence-corrected chi connectivity index (χ0v) is 22.4. The summed E-state index contributed by atoms with van der Waals surface area (Å²) >= 11 is 0. The molecule has 3 amide bonds. The van der Waals surface area contributed by atoms with Crippen LogP contribution in [-0.2, 0) is 33.8 Å². The number of fused-ring (bicyclic) bond motifs is 2. The van der Waals surface area contributed by atoms with Crippen molar-refractivity contribution in [3.63, 3.8) is 0 Å². The molecule has 1 aliphatic carbocycles. The lowest BCUT2D eigenvalue weighted by Crippen LogP contribution is -2.48. The molecule has 3 aliphatic rings. The number of carbonyl (C=O) groups excluding carboxylic acids is 3. The Hall–Kier alpha value is -3.35. The first-order valence-electron chi connectivity index (χ1n) is 14.1. The molecular weight excluding hydrogens is 478 g/mol. The lowest BCUT2D eigenvalue weighted by atomic mass is 9.97. The van der Waals surface area contributed by atoms with Crippen molar-refractivity contribution in [2.75, 3.05) is 26.7 Å². The van der Waals surface area contributed by atoms with Crippen LogP contribution in [0.15, 0.2) is 48.5 Å². The van der Waals surface area contributed by atoms with Gasteiger partial charge in [-0.15, -0.1) is 0 Å². The minimum atomic E-state index is -0.343. The summed E-state index contributed by atoms with van der Waals surface area (Å²) in [5, 5.41) is 3.09. The van der Waals surface area contributed by atoms with Crippen LogP contribution in [0.4, 0.5) is 0 Å². The molecule has 38 heavy (non-hydrogen) atoms. The number of carbonyl (C=O) groups is 3. The first-order chi connectivity index (χ1) is 18.5. The van der Waals surface area contributed by atoms with Crippen molar-refractivity contribution in [2.45, 2.75) is 64.0 Å². The highest BCUT2D eigenvalue weighted by molar-refractivity contribution is 5.86. The molecule has 2 aliphatic heterocycles. The lowest BCUT2D eigenvalue weighted by molar-refractivity contribution is -0.138. The minimum absolute atomic E-state index is 0.0101. The molecule has 0 bridgehead atoms. The van der Waals surface area contributed by atoms with Crippen LogP contribution < -0.4 is 10.1 Å². The highest BCUT2D eigenvalue weighted by Crippen LogP contribution is 2.38. The summed E-state index contributed by atoms with van der Waals surface area (Å²) in [5.41, 5.74) is 3.60. The number of ether oxygens (including phenoxy) is 1. The van der Waals surface area contributed by atoms with Gasteiger partial charge in [0.05, 0.1) is 13.0 Å². The van der Waals surface area contributed by atoms with Gasteiger partial charge in [0, 0.05) is 44.6 Å². The minimum Gasteiger partial charge on any atom is -0.497 e. The van der Waals surface area contributed by atoms with Gasteiger partial charge in [0.2, 0.25) is 17.7 Å². The Kier molecular flexibility index (Phi) is 8.30. The molecular formula is C31H39N3O4. The molecule has 5 rings (SSSR count). The van der Waals surface area contributed by atoms with Crippen LogP contribution >= 0.6 is 0 Å². The van der Waals surface area contributed by atoms with E-state index < -0.39 is 0 Å². The average Bonchev–Trinajstić information content (AvgIpc) is 3.40. The maximum atomic E-state index is 13.7. The number of rotatable bonds is 5. The van der Waals surface area contributed by atoms with Gasteiger partial charge in [-0.2, -0.15) is 0 Å². The fourth-order valence-electron chi connectivity index (χ4n) is 6.37. The number of methoxy groups -OCH3 is 1. The first kappa shape index (κ1) is 26.3. The van der Waals surface area contributed by atoms with E-state index in [0.29, 0.717) is 51.9 Å². The van der Waals surface area contributed by atoms with Crippen LogP contribution in [0, 0.1) is 11.8 Å². The van der Waals surface area contributed by atoms with Crippen molar-refractivity contribution in [3.05, 3.63) is 65.2 Å². The molecule has 7 heteroatoms. The molecule has 1 N–H and O–H groups in total. The van der Waals surface area contributed by atoms with Crippen molar-refractivity contribution in [2.24, 2.45) is 11.8 Å². The number of nitrogens with one attached hydrogen (secondary N) is 1. The van der Waals surface area contributed by atoms with E-state index in [1.807, 2.05) is 46.2 Å². The molecule has 1 saturated carbocycles. The molecule has 3 atom stereocenters. The second-order valence-corrected chi connectivity index (χ2v) is 10.9. The monoisotopic (exact) mass is 517 g/mol. The third kappa shape index (κ3) is 5.87. The van der Waals surface area contributed by atoms with Crippen molar-refractivity contribution in [1.82, 2.24) is 15.1 Å².